The number of guanidine groups is 1. The molecule has 1 aromatic rings. The summed E-state index contributed by atoms with van der Waals surface area (Å²) in [6, 6.07) is 10.6. The Kier molecular flexibility index (Phi) is 11.5. The molecule has 136 valence electrons. The van der Waals surface area contributed by atoms with Crippen LogP contribution in [-0.2, 0) is 6.54 Å². The first-order valence-electron chi connectivity index (χ1n) is 8.56. The van der Waals surface area contributed by atoms with E-state index < -0.39 is 0 Å². The second-order valence-corrected chi connectivity index (χ2v) is 7.50. The van der Waals surface area contributed by atoms with Crippen LogP contribution in [0, 0.1) is 0 Å². The van der Waals surface area contributed by atoms with E-state index in [0.717, 1.165) is 43.8 Å². The van der Waals surface area contributed by atoms with Gasteiger partial charge in [0, 0.05) is 31.9 Å². The predicted octanol–water partition coefficient (Wildman–Crippen LogP) is 3.19. The van der Waals surface area contributed by atoms with Crippen LogP contribution in [0.15, 0.2) is 35.3 Å². The van der Waals surface area contributed by atoms with Crippen LogP contribution in [0.1, 0.15) is 24.8 Å². The maximum absolute atomic E-state index is 4.30. The van der Waals surface area contributed by atoms with Gasteiger partial charge in [-0.2, -0.15) is 11.8 Å². The van der Waals surface area contributed by atoms with Gasteiger partial charge < -0.3 is 15.5 Å². The van der Waals surface area contributed by atoms with Crippen molar-refractivity contribution in [3.8, 4) is 0 Å². The molecular weight excluding hydrogens is 431 g/mol. The highest BCUT2D eigenvalue weighted by Gasteiger charge is 2.15. The van der Waals surface area contributed by atoms with E-state index in [1.807, 2.05) is 7.05 Å². The molecule has 1 heterocycles. The smallest absolute Gasteiger partial charge is 0.191 e. The molecule has 0 saturated carbocycles. The van der Waals surface area contributed by atoms with Gasteiger partial charge in [0.15, 0.2) is 5.96 Å². The first-order valence-corrected chi connectivity index (χ1v) is 9.61. The average Bonchev–Trinajstić information content (AvgIpc) is 3.08. The Balaban J connectivity index is 0.00000288. The third-order valence-corrected chi connectivity index (χ3v) is 5.45. The number of hydrogen-bond donors (Lipinski definition) is 2. The lowest BCUT2D eigenvalue weighted by Gasteiger charge is -2.18. The van der Waals surface area contributed by atoms with Crippen molar-refractivity contribution in [3.05, 3.63) is 35.9 Å². The Labute approximate surface area is 168 Å². The van der Waals surface area contributed by atoms with Crippen molar-refractivity contribution < 1.29 is 0 Å². The van der Waals surface area contributed by atoms with Crippen LogP contribution < -0.4 is 10.6 Å². The van der Waals surface area contributed by atoms with Gasteiger partial charge in [0.1, 0.15) is 0 Å². The lowest BCUT2D eigenvalue weighted by atomic mass is 10.2. The second kappa shape index (κ2) is 12.8. The van der Waals surface area contributed by atoms with Crippen LogP contribution >= 0.6 is 35.7 Å². The summed E-state index contributed by atoms with van der Waals surface area (Å²) in [5.41, 5.74) is 1.37. The zero-order valence-electron chi connectivity index (χ0n) is 14.8. The summed E-state index contributed by atoms with van der Waals surface area (Å²) < 4.78 is 0. The Bertz CT molecular complexity index is 463. The van der Waals surface area contributed by atoms with E-state index in [-0.39, 0.29) is 24.0 Å². The fourth-order valence-corrected chi connectivity index (χ4v) is 3.97. The molecule has 24 heavy (non-hydrogen) atoms. The fourth-order valence-electron chi connectivity index (χ4n) is 2.77. The number of aliphatic imine (C=N–C) groups is 1. The average molecular weight is 462 g/mol. The first-order chi connectivity index (χ1) is 11.3. The van der Waals surface area contributed by atoms with E-state index in [1.54, 1.807) is 0 Å². The lowest BCUT2D eigenvalue weighted by molar-refractivity contribution is 0.322. The number of rotatable bonds is 8. The van der Waals surface area contributed by atoms with E-state index in [0.29, 0.717) is 0 Å². The number of hydrogen-bond acceptors (Lipinski definition) is 3. The maximum atomic E-state index is 4.30. The number of nitrogens with one attached hydrogen (secondary N) is 2. The summed E-state index contributed by atoms with van der Waals surface area (Å²) in [5.74, 6) is 2.25. The third-order valence-electron chi connectivity index (χ3n) is 4.05. The minimum absolute atomic E-state index is 0. The van der Waals surface area contributed by atoms with Gasteiger partial charge in [-0.15, -0.1) is 24.0 Å². The summed E-state index contributed by atoms with van der Waals surface area (Å²) in [6.45, 7) is 4.07. The Hall–Kier alpha value is -0.470. The van der Waals surface area contributed by atoms with Gasteiger partial charge in [0.25, 0.3) is 0 Å². The highest BCUT2D eigenvalue weighted by molar-refractivity contribution is 14.0. The van der Waals surface area contributed by atoms with Crippen LogP contribution in [0.3, 0.4) is 0 Å². The molecule has 4 nitrogen and oxygen atoms in total. The van der Waals surface area contributed by atoms with Gasteiger partial charge in [-0.3, -0.25) is 4.99 Å². The zero-order chi connectivity index (χ0) is 16.3. The monoisotopic (exact) mass is 462 g/mol. The quantitative estimate of drug-likeness (QED) is 0.270. The molecule has 6 heteroatoms. The number of halogens is 1. The molecule has 1 aliphatic rings. The molecular formula is C18H31IN4S. The summed E-state index contributed by atoms with van der Waals surface area (Å²) >= 11 is 2.08. The Morgan fingerprint density at radius 3 is 2.75 bits per heavy atom. The Morgan fingerprint density at radius 1 is 1.29 bits per heavy atom. The highest BCUT2D eigenvalue weighted by atomic mass is 127. The van der Waals surface area contributed by atoms with E-state index in [4.69, 9.17) is 0 Å². The van der Waals surface area contributed by atoms with E-state index in [1.165, 1.54) is 24.2 Å². The molecule has 1 atom stereocenters. The van der Waals surface area contributed by atoms with Gasteiger partial charge in [-0.1, -0.05) is 30.3 Å². The largest absolute Gasteiger partial charge is 0.356 e. The highest BCUT2D eigenvalue weighted by Crippen LogP contribution is 2.25. The molecule has 0 aromatic heterocycles. The van der Waals surface area contributed by atoms with Crippen LogP contribution in [0.2, 0.25) is 0 Å². The number of nitrogens with zero attached hydrogens (tertiary/aromatic N) is 2. The molecule has 0 radical (unpaired) electrons. The van der Waals surface area contributed by atoms with Gasteiger partial charge in [0.05, 0.1) is 0 Å². The van der Waals surface area contributed by atoms with Crippen molar-refractivity contribution >= 4 is 41.7 Å². The molecule has 0 bridgehead atoms. The first kappa shape index (κ1) is 21.6. The van der Waals surface area contributed by atoms with Crippen molar-refractivity contribution in [2.45, 2.75) is 31.1 Å². The lowest BCUT2D eigenvalue weighted by Crippen LogP contribution is -2.41. The predicted molar refractivity (Wildman–Crippen MR) is 118 cm³/mol. The maximum Gasteiger partial charge on any atom is 0.191 e. The molecule has 1 fully saturated rings. The van der Waals surface area contributed by atoms with Crippen molar-refractivity contribution in [3.63, 3.8) is 0 Å². The number of benzene rings is 1. The minimum Gasteiger partial charge on any atom is -0.356 e. The SMILES string of the molecule is CN=C(NCCCN(C)Cc1ccccc1)NCC1CCCS1.I. The molecule has 1 aromatic carbocycles. The molecule has 1 saturated heterocycles. The van der Waals surface area contributed by atoms with Crippen molar-refractivity contribution in [1.82, 2.24) is 15.5 Å². The standard InChI is InChI=1S/C18H30N4S.HI/c1-19-18(21-14-17-10-6-13-23-17)20-11-7-12-22(2)15-16-8-4-3-5-9-16;/h3-5,8-9,17H,6-7,10-15H2,1-2H3,(H2,19,20,21);1H. The normalized spacial score (nSPS) is 17.6. The topological polar surface area (TPSA) is 39.7 Å². The molecule has 0 spiro atoms. The molecule has 2 rings (SSSR count). The molecule has 0 aliphatic carbocycles. The van der Waals surface area contributed by atoms with Crippen LogP contribution in [0.25, 0.3) is 0 Å². The summed E-state index contributed by atoms with van der Waals surface area (Å²) in [6.07, 6.45) is 3.80. The molecule has 1 aliphatic heterocycles. The summed E-state index contributed by atoms with van der Waals surface area (Å²) in [4.78, 5) is 6.67. The minimum atomic E-state index is 0. The van der Waals surface area contributed by atoms with Crippen LogP contribution in [0.4, 0.5) is 0 Å². The number of thioether (sulfide) groups is 1. The third kappa shape index (κ3) is 8.58. The van der Waals surface area contributed by atoms with E-state index in [2.05, 4.69) is 69.7 Å². The van der Waals surface area contributed by atoms with Crippen molar-refractivity contribution in [2.24, 2.45) is 4.99 Å². The van der Waals surface area contributed by atoms with Gasteiger partial charge >= 0.3 is 0 Å². The van der Waals surface area contributed by atoms with Gasteiger partial charge in [-0.25, -0.2) is 0 Å². The zero-order valence-corrected chi connectivity index (χ0v) is 18.0. The fraction of sp³-hybridized carbons (Fsp3) is 0.611. The van der Waals surface area contributed by atoms with Crippen molar-refractivity contribution in [1.29, 1.82) is 0 Å². The van der Waals surface area contributed by atoms with Gasteiger partial charge in [-0.05, 0) is 44.2 Å². The summed E-state index contributed by atoms with van der Waals surface area (Å²) in [5, 5.41) is 7.61. The van der Waals surface area contributed by atoms with Crippen LogP contribution in [-0.4, -0.2) is 55.6 Å². The molecule has 0 amide bonds. The Morgan fingerprint density at radius 2 is 2.08 bits per heavy atom. The van der Waals surface area contributed by atoms with Gasteiger partial charge in [0.2, 0.25) is 0 Å². The van der Waals surface area contributed by atoms with E-state index >= 15 is 0 Å². The molecule has 1 unspecified atom stereocenters. The van der Waals surface area contributed by atoms with Crippen LogP contribution in [0.5, 0.6) is 0 Å². The molecule has 2 N–H and O–H groups in total. The van der Waals surface area contributed by atoms with Crippen molar-refractivity contribution in [2.75, 3.05) is 39.5 Å². The summed E-state index contributed by atoms with van der Waals surface area (Å²) in [7, 11) is 4.02. The van der Waals surface area contributed by atoms with E-state index in [9.17, 15) is 0 Å². The second-order valence-electron chi connectivity index (χ2n) is 6.09.